The van der Waals surface area contributed by atoms with Crippen molar-refractivity contribution in [2.75, 3.05) is 6.61 Å². The van der Waals surface area contributed by atoms with Gasteiger partial charge in [0, 0.05) is 6.61 Å². The van der Waals surface area contributed by atoms with Crippen LogP contribution < -0.4 is 21.7 Å². The van der Waals surface area contributed by atoms with Gasteiger partial charge in [0.25, 0.3) is 5.91 Å². The Morgan fingerprint density at radius 2 is 1.70 bits per heavy atom. The van der Waals surface area contributed by atoms with Crippen molar-refractivity contribution in [2.24, 2.45) is 11.8 Å². The molecule has 4 N–H and O–H groups in total. The lowest BCUT2D eigenvalue weighted by molar-refractivity contribution is -0.169. The largest absolute Gasteiger partial charge is 0.375 e. The Morgan fingerprint density at radius 3 is 2.40 bits per heavy atom. The minimum Gasteiger partial charge on any atom is -0.375 e. The maximum atomic E-state index is 12.2. The summed E-state index contributed by atoms with van der Waals surface area (Å²) >= 11 is 0. The van der Waals surface area contributed by atoms with Crippen LogP contribution in [0.5, 0.6) is 0 Å². The maximum absolute atomic E-state index is 12.2. The zero-order chi connectivity index (χ0) is 14.5. The topological polar surface area (TPSA) is 109 Å². The molecule has 8 heteroatoms. The van der Waals surface area contributed by atoms with Crippen molar-refractivity contribution in [2.45, 2.75) is 37.8 Å². The first-order valence-corrected chi connectivity index (χ1v) is 6.65. The summed E-state index contributed by atoms with van der Waals surface area (Å²) in [6.45, 7) is 4.33. The predicted molar refractivity (Wildman–Crippen MR) is 66.5 cm³/mol. The van der Waals surface area contributed by atoms with E-state index in [0.29, 0.717) is 19.4 Å². The molecule has 0 saturated carbocycles. The van der Waals surface area contributed by atoms with Gasteiger partial charge in [-0.15, -0.1) is 0 Å². The lowest BCUT2D eigenvalue weighted by Crippen LogP contribution is -2.77. The summed E-state index contributed by atoms with van der Waals surface area (Å²) in [5.74, 6) is -3.02. The van der Waals surface area contributed by atoms with E-state index in [-0.39, 0.29) is 5.91 Å². The molecule has 0 aromatic heterocycles. The highest BCUT2D eigenvalue weighted by molar-refractivity contribution is 6.08. The predicted octanol–water partition coefficient (Wildman–Crippen LogP) is -1.66. The zero-order valence-electron chi connectivity index (χ0n) is 11.4. The number of ether oxygens (including phenoxy) is 1. The van der Waals surface area contributed by atoms with Gasteiger partial charge in [0.2, 0.25) is 11.8 Å². The van der Waals surface area contributed by atoms with Crippen LogP contribution in [0.15, 0.2) is 0 Å². The molecule has 110 valence electrons. The van der Waals surface area contributed by atoms with Crippen molar-refractivity contribution in [1.82, 2.24) is 21.7 Å². The fourth-order valence-electron chi connectivity index (χ4n) is 3.54. The molecule has 0 unspecified atom stereocenters. The lowest BCUT2D eigenvalue weighted by atomic mass is 9.65. The van der Waals surface area contributed by atoms with Crippen molar-refractivity contribution < 1.29 is 19.1 Å². The molecule has 3 rings (SSSR count). The van der Waals surface area contributed by atoms with E-state index in [9.17, 15) is 14.4 Å². The van der Waals surface area contributed by atoms with E-state index in [0.717, 1.165) is 0 Å². The average Bonchev–Trinajstić information content (AvgIpc) is 2.36. The number of hydrogen-bond acceptors (Lipinski definition) is 5. The third kappa shape index (κ3) is 1.87. The number of carbonyl (C=O) groups excluding carboxylic acids is 3. The van der Waals surface area contributed by atoms with Crippen LogP contribution in [0.3, 0.4) is 0 Å². The number of rotatable bonds is 0. The highest BCUT2D eigenvalue weighted by Crippen LogP contribution is 2.42. The molecule has 20 heavy (non-hydrogen) atoms. The molecule has 0 radical (unpaired) electrons. The quantitative estimate of drug-likeness (QED) is 0.398. The van der Waals surface area contributed by atoms with E-state index in [1.165, 1.54) is 0 Å². The molecule has 3 heterocycles. The molecule has 0 aromatic carbocycles. The summed E-state index contributed by atoms with van der Waals surface area (Å²) in [5.41, 5.74) is 9.02. The third-order valence-electron chi connectivity index (χ3n) is 4.30. The Balaban J connectivity index is 2.00. The van der Waals surface area contributed by atoms with Gasteiger partial charge in [0.15, 0.2) is 0 Å². The van der Waals surface area contributed by atoms with Gasteiger partial charge in [-0.3, -0.25) is 30.7 Å². The number of carbonyl (C=O) groups is 3. The van der Waals surface area contributed by atoms with Crippen LogP contribution in [0.4, 0.5) is 0 Å². The van der Waals surface area contributed by atoms with Gasteiger partial charge in [0.05, 0.1) is 17.1 Å². The molecule has 3 atom stereocenters. The number of nitrogens with one attached hydrogen (secondary N) is 4. The lowest BCUT2D eigenvalue weighted by Gasteiger charge is -2.53. The summed E-state index contributed by atoms with van der Waals surface area (Å²) in [6, 6.07) is 0. The normalized spacial score (nSPS) is 39.6. The molecular formula is C12H18N4O4. The van der Waals surface area contributed by atoms with Gasteiger partial charge >= 0.3 is 0 Å². The van der Waals surface area contributed by atoms with Crippen molar-refractivity contribution in [3.05, 3.63) is 0 Å². The monoisotopic (exact) mass is 282 g/mol. The maximum Gasteiger partial charge on any atom is 0.251 e. The van der Waals surface area contributed by atoms with E-state index in [1.807, 2.05) is 13.8 Å². The van der Waals surface area contributed by atoms with Gasteiger partial charge < -0.3 is 4.74 Å². The van der Waals surface area contributed by atoms with Gasteiger partial charge in [-0.05, 0) is 26.7 Å². The van der Waals surface area contributed by atoms with Gasteiger partial charge in [-0.2, -0.15) is 0 Å². The van der Waals surface area contributed by atoms with Crippen LogP contribution in [0.25, 0.3) is 0 Å². The second kappa shape index (κ2) is 4.16. The molecule has 8 nitrogen and oxygen atoms in total. The Labute approximate surface area is 115 Å². The first-order valence-electron chi connectivity index (χ1n) is 6.65. The van der Waals surface area contributed by atoms with Gasteiger partial charge in [-0.1, -0.05) is 0 Å². The number of hydrazine groups is 2. The molecule has 0 bridgehead atoms. The first kappa shape index (κ1) is 13.3. The van der Waals surface area contributed by atoms with E-state index in [4.69, 9.17) is 4.74 Å². The second-order valence-electron chi connectivity index (χ2n) is 6.24. The summed E-state index contributed by atoms with van der Waals surface area (Å²) in [4.78, 5) is 36.1. The fraction of sp³-hybridized carbons (Fsp3) is 0.750. The third-order valence-corrected chi connectivity index (χ3v) is 4.30. The first-order chi connectivity index (χ1) is 9.35. The van der Waals surface area contributed by atoms with Crippen LogP contribution in [0, 0.1) is 11.8 Å². The van der Waals surface area contributed by atoms with Gasteiger partial charge in [-0.25, -0.2) is 5.43 Å². The molecule has 3 fully saturated rings. The van der Waals surface area contributed by atoms with Crippen LogP contribution in [0.1, 0.15) is 26.7 Å². The van der Waals surface area contributed by atoms with Gasteiger partial charge in [0.1, 0.15) is 5.92 Å². The second-order valence-corrected chi connectivity index (χ2v) is 6.24. The van der Waals surface area contributed by atoms with Crippen LogP contribution in [-0.2, 0) is 19.1 Å². The van der Waals surface area contributed by atoms with Crippen LogP contribution in [-0.4, -0.2) is 35.5 Å². The van der Waals surface area contributed by atoms with Crippen molar-refractivity contribution in [3.8, 4) is 0 Å². The minimum atomic E-state index is -1.00. The summed E-state index contributed by atoms with van der Waals surface area (Å²) in [5, 5.41) is 0. The van der Waals surface area contributed by atoms with Crippen molar-refractivity contribution >= 4 is 17.7 Å². The van der Waals surface area contributed by atoms with E-state index < -0.39 is 34.8 Å². The zero-order valence-corrected chi connectivity index (χ0v) is 11.4. The van der Waals surface area contributed by atoms with Crippen molar-refractivity contribution in [3.63, 3.8) is 0 Å². The fourth-order valence-corrected chi connectivity index (χ4v) is 3.54. The molecule has 3 saturated heterocycles. The molecular weight excluding hydrogens is 264 g/mol. The number of amides is 3. The summed E-state index contributed by atoms with van der Waals surface area (Å²) in [7, 11) is 0. The van der Waals surface area contributed by atoms with E-state index in [2.05, 4.69) is 21.7 Å². The molecule has 1 spiro atoms. The molecule has 3 aliphatic heterocycles. The highest BCUT2D eigenvalue weighted by atomic mass is 16.5. The molecule has 3 aliphatic rings. The average molecular weight is 282 g/mol. The summed E-state index contributed by atoms with van der Waals surface area (Å²) < 4.78 is 5.68. The Morgan fingerprint density at radius 1 is 1.05 bits per heavy atom. The standard InChI is InChI=1S/C12H18N4O4/c1-11(2)5-12(3-4-20-11)7-6(9(18)15-16-12)8(17)13-14-10(7)19/h6-7,16H,3-5H2,1-2H3,(H,13,17)(H,14,19)(H,15,18)/t6-,7+,12-/m1/s1. The van der Waals surface area contributed by atoms with Crippen molar-refractivity contribution in [1.29, 1.82) is 0 Å². The molecule has 0 aliphatic carbocycles. The Bertz CT molecular complexity index is 484. The minimum absolute atomic E-state index is 0.338. The molecule has 3 amide bonds. The Hall–Kier alpha value is -1.67. The molecule has 0 aromatic rings. The van der Waals surface area contributed by atoms with E-state index >= 15 is 0 Å². The number of fused-ring (bicyclic) bond motifs is 2. The Kier molecular flexibility index (Phi) is 2.77. The van der Waals surface area contributed by atoms with E-state index in [1.54, 1.807) is 0 Å². The van der Waals surface area contributed by atoms with Crippen LogP contribution in [0.2, 0.25) is 0 Å². The smallest absolute Gasteiger partial charge is 0.251 e. The number of hydrogen-bond donors (Lipinski definition) is 4. The summed E-state index contributed by atoms with van der Waals surface area (Å²) in [6.07, 6.45) is 1.08. The SMILES string of the molecule is CC1(C)C[C@@]2(CCO1)NNC(=O)[C@H]1C(=O)NNC(=O)[C@H]12. The highest BCUT2D eigenvalue weighted by Gasteiger charge is 2.59. The van der Waals surface area contributed by atoms with Crippen LogP contribution >= 0.6 is 0 Å².